The van der Waals surface area contributed by atoms with E-state index in [2.05, 4.69) is 29.5 Å². The van der Waals surface area contributed by atoms with Crippen molar-refractivity contribution in [1.29, 1.82) is 0 Å². The molecule has 88 valence electrons. The summed E-state index contributed by atoms with van der Waals surface area (Å²) in [7, 11) is 0. The van der Waals surface area contributed by atoms with Gasteiger partial charge in [-0.05, 0) is 47.4 Å². The molecule has 16 heavy (non-hydrogen) atoms. The van der Waals surface area contributed by atoms with E-state index in [9.17, 15) is 4.79 Å². The Balaban J connectivity index is 2.24. The molecular formula is C12H16INO2. The molecule has 1 atom stereocenters. The highest BCUT2D eigenvalue weighted by Gasteiger charge is 2.27. The normalized spacial score (nSPS) is 17.4. The lowest BCUT2D eigenvalue weighted by Gasteiger charge is -2.18. The summed E-state index contributed by atoms with van der Waals surface area (Å²) in [6.45, 7) is 2.13. The summed E-state index contributed by atoms with van der Waals surface area (Å²) in [5.41, 5.74) is 0.428. The molecule has 0 aromatic carbocycles. The highest BCUT2D eigenvalue weighted by molar-refractivity contribution is 14.1. The molecule has 1 aliphatic rings. The third-order valence-electron chi connectivity index (χ3n) is 3.20. The summed E-state index contributed by atoms with van der Waals surface area (Å²) >= 11 is 2.17. The molecule has 1 aliphatic carbocycles. The van der Waals surface area contributed by atoms with Crippen molar-refractivity contribution in [2.45, 2.75) is 38.6 Å². The molecule has 1 N–H and O–H groups in total. The molecule has 0 saturated heterocycles. The summed E-state index contributed by atoms with van der Waals surface area (Å²) < 4.78 is 2.95. The van der Waals surface area contributed by atoms with Gasteiger partial charge < -0.3 is 9.67 Å². The zero-order valence-electron chi connectivity index (χ0n) is 9.32. The molecule has 1 aromatic heterocycles. The van der Waals surface area contributed by atoms with Crippen LogP contribution in [0, 0.1) is 9.49 Å². The van der Waals surface area contributed by atoms with Gasteiger partial charge in [0.05, 0.1) is 0 Å². The summed E-state index contributed by atoms with van der Waals surface area (Å²) in [6.07, 6.45) is 6.72. The van der Waals surface area contributed by atoms with E-state index in [1.54, 1.807) is 6.07 Å². The van der Waals surface area contributed by atoms with Gasteiger partial charge in [0.1, 0.15) is 5.69 Å². The van der Waals surface area contributed by atoms with Crippen molar-refractivity contribution >= 4 is 28.6 Å². The first-order valence-electron chi connectivity index (χ1n) is 5.72. The van der Waals surface area contributed by atoms with Crippen molar-refractivity contribution in [1.82, 2.24) is 4.57 Å². The van der Waals surface area contributed by atoms with Gasteiger partial charge in [-0.2, -0.15) is 0 Å². The van der Waals surface area contributed by atoms with Crippen LogP contribution in [0.1, 0.15) is 49.1 Å². The number of aromatic carboxylic acids is 1. The fourth-order valence-corrected chi connectivity index (χ4v) is 2.73. The number of rotatable bonds is 5. The molecule has 0 radical (unpaired) electrons. The first-order chi connectivity index (χ1) is 7.61. The lowest BCUT2D eigenvalue weighted by molar-refractivity contribution is 0.0681. The minimum absolute atomic E-state index is 0.349. The number of carboxylic acids is 1. The average Bonchev–Trinajstić information content (AvgIpc) is 2.96. The van der Waals surface area contributed by atoms with Gasteiger partial charge in [0.25, 0.3) is 0 Å². The van der Waals surface area contributed by atoms with E-state index in [-0.39, 0.29) is 0 Å². The summed E-state index contributed by atoms with van der Waals surface area (Å²) in [6, 6.07) is 2.10. The molecule has 1 saturated carbocycles. The smallest absolute Gasteiger partial charge is 0.352 e. The van der Waals surface area contributed by atoms with Gasteiger partial charge >= 0.3 is 5.97 Å². The Kier molecular flexibility index (Phi) is 3.56. The van der Waals surface area contributed by atoms with Crippen LogP contribution in [0.25, 0.3) is 0 Å². The van der Waals surface area contributed by atoms with Crippen LogP contribution in [0.4, 0.5) is 0 Å². The second-order valence-electron chi connectivity index (χ2n) is 4.50. The molecule has 1 heterocycles. The molecule has 0 amide bonds. The van der Waals surface area contributed by atoms with Crippen molar-refractivity contribution in [3.05, 3.63) is 21.5 Å². The number of carbonyl (C=O) groups is 1. The quantitative estimate of drug-likeness (QED) is 0.838. The van der Waals surface area contributed by atoms with E-state index >= 15 is 0 Å². The Hall–Kier alpha value is -0.520. The SMILES string of the molecule is CCC(CC1CC1)n1cc(I)cc1C(=O)O. The summed E-state index contributed by atoms with van der Waals surface area (Å²) in [5, 5.41) is 9.15. The van der Waals surface area contributed by atoms with Gasteiger partial charge in [-0.3, -0.25) is 0 Å². The predicted octanol–water partition coefficient (Wildman–Crippen LogP) is 3.54. The monoisotopic (exact) mass is 333 g/mol. The standard InChI is InChI=1S/C12H16INO2/c1-2-10(5-8-3-4-8)14-7-9(13)6-11(14)12(15)16/h6-8,10H,2-5H2,1H3,(H,15,16). The Bertz CT molecular complexity index is 396. The zero-order valence-corrected chi connectivity index (χ0v) is 11.5. The minimum Gasteiger partial charge on any atom is -0.477 e. The van der Waals surface area contributed by atoms with E-state index < -0.39 is 5.97 Å². The maximum absolute atomic E-state index is 11.1. The summed E-state index contributed by atoms with van der Waals surface area (Å²) in [4.78, 5) is 11.1. The third kappa shape index (κ3) is 2.59. The fourth-order valence-electron chi connectivity index (χ4n) is 2.13. The van der Waals surface area contributed by atoms with Crippen molar-refractivity contribution < 1.29 is 9.90 Å². The third-order valence-corrected chi connectivity index (χ3v) is 3.79. The number of hydrogen-bond acceptors (Lipinski definition) is 1. The van der Waals surface area contributed by atoms with Crippen LogP contribution in [-0.4, -0.2) is 15.6 Å². The van der Waals surface area contributed by atoms with E-state index in [1.807, 2.05) is 10.8 Å². The lowest BCUT2D eigenvalue weighted by Crippen LogP contribution is -2.14. The second-order valence-corrected chi connectivity index (χ2v) is 5.74. The van der Waals surface area contributed by atoms with Gasteiger partial charge in [-0.25, -0.2) is 4.79 Å². The van der Waals surface area contributed by atoms with E-state index in [0.29, 0.717) is 11.7 Å². The van der Waals surface area contributed by atoms with Gasteiger partial charge in [0.2, 0.25) is 0 Å². The predicted molar refractivity (Wildman–Crippen MR) is 70.8 cm³/mol. The number of aromatic nitrogens is 1. The topological polar surface area (TPSA) is 42.2 Å². The van der Waals surface area contributed by atoms with Gasteiger partial charge in [-0.15, -0.1) is 0 Å². The number of nitrogens with zero attached hydrogens (tertiary/aromatic N) is 1. The molecule has 1 fully saturated rings. The van der Waals surface area contributed by atoms with Crippen molar-refractivity contribution in [2.75, 3.05) is 0 Å². The molecule has 1 unspecified atom stereocenters. The van der Waals surface area contributed by atoms with Gasteiger partial charge in [0, 0.05) is 15.8 Å². The average molecular weight is 333 g/mol. The van der Waals surface area contributed by atoms with Crippen LogP contribution in [0.5, 0.6) is 0 Å². The maximum atomic E-state index is 11.1. The molecular weight excluding hydrogens is 317 g/mol. The van der Waals surface area contributed by atoms with Crippen LogP contribution in [0.15, 0.2) is 12.3 Å². The first kappa shape index (κ1) is 12.0. The molecule has 1 aromatic rings. The van der Waals surface area contributed by atoms with Crippen LogP contribution in [0.3, 0.4) is 0 Å². The molecule has 2 rings (SSSR count). The molecule has 0 aliphatic heterocycles. The molecule has 0 bridgehead atoms. The van der Waals surface area contributed by atoms with Crippen LogP contribution >= 0.6 is 22.6 Å². The number of carboxylic acid groups (broad SMARTS) is 1. The highest BCUT2D eigenvalue weighted by Crippen LogP contribution is 2.38. The Morgan fingerprint density at radius 2 is 2.38 bits per heavy atom. The Labute approximate surface area is 109 Å². The van der Waals surface area contributed by atoms with E-state index in [4.69, 9.17) is 5.11 Å². The van der Waals surface area contributed by atoms with E-state index in [1.165, 1.54) is 12.8 Å². The van der Waals surface area contributed by atoms with Crippen molar-refractivity contribution in [2.24, 2.45) is 5.92 Å². The largest absolute Gasteiger partial charge is 0.477 e. The number of halogens is 1. The lowest BCUT2D eigenvalue weighted by atomic mass is 10.1. The van der Waals surface area contributed by atoms with Crippen molar-refractivity contribution in [3.63, 3.8) is 0 Å². The number of hydrogen-bond donors (Lipinski definition) is 1. The van der Waals surface area contributed by atoms with Crippen LogP contribution in [-0.2, 0) is 0 Å². The van der Waals surface area contributed by atoms with Crippen LogP contribution < -0.4 is 0 Å². The van der Waals surface area contributed by atoms with Crippen LogP contribution in [0.2, 0.25) is 0 Å². The van der Waals surface area contributed by atoms with Gasteiger partial charge in [-0.1, -0.05) is 19.8 Å². The molecule has 3 nitrogen and oxygen atoms in total. The van der Waals surface area contributed by atoms with Crippen molar-refractivity contribution in [3.8, 4) is 0 Å². The second kappa shape index (κ2) is 4.77. The zero-order chi connectivity index (χ0) is 11.7. The molecule has 0 spiro atoms. The van der Waals surface area contributed by atoms with E-state index in [0.717, 1.165) is 22.3 Å². The maximum Gasteiger partial charge on any atom is 0.352 e. The van der Waals surface area contributed by atoms with Gasteiger partial charge in [0.15, 0.2) is 0 Å². The Morgan fingerprint density at radius 1 is 1.69 bits per heavy atom. The summed E-state index contributed by atoms with van der Waals surface area (Å²) in [5.74, 6) is 0.00354. The highest BCUT2D eigenvalue weighted by atomic mass is 127. The molecule has 4 heteroatoms. The Morgan fingerprint density at radius 3 is 2.88 bits per heavy atom. The fraction of sp³-hybridized carbons (Fsp3) is 0.583. The first-order valence-corrected chi connectivity index (χ1v) is 6.80. The minimum atomic E-state index is -0.822.